The van der Waals surface area contributed by atoms with Gasteiger partial charge in [-0.3, -0.25) is 4.79 Å². The highest BCUT2D eigenvalue weighted by Gasteiger charge is 2.18. The predicted octanol–water partition coefficient (Wildman–Crippen LogP) is 1.47. The number of likely N-dealkylation sites (N-methyl/N-ethyl adjacent to an activating group) is 1. The van der Waals surface area contributed by atoms with Crippen LogP contribution in [0.15, 0.2) is 12.4 Å². The van der Waals surface area contributed by atoms with E-state index in [4.69, 9.17) is 0 Å². The van der Waals surface area contributed by atoms with Crippen molar-refractivity contribution in [2.45, 2.75) is 25.7 Å². The van der Waals surface area contributed by atoms with Gasteiger partial charge < -0.3 is 15.1 Å². The lowest BCUT2D eigenvalue weighted by Gasteiger charge is -2.19. The van der Waals surface area contributed by atoms with Crippen molar-refractivity contribution in [2.24, 2.45) is 0 Å². The van der Waals surface area contributed by atoms with Crippen LogP contribution >= 0.6 is 0 Å². The number of anilines is 1. The van der Waals surface area contributed by atoms with Crippen LogP contribution in [0.25, 0.3) is 0 Å². The molecule has 0 atom stereocenters. The van der Waals surface area contributed by atoms with Crippen LogP contribution in [0.1, 0.15) is 36.2 Å². The Hall–Kier alpha value is -1.69. The van der Waals surface area contributed by atoms with E-state index in [1.165, 1.54) is 19.2 Å². The molecular formula is C15H25N5O. The third-order valence-electron chi connectivity index (χ3n) is 3.64. The van der Waals surface area contributed by atoms with Crippen molar-refractivity contribution in [2.75, 3.05) is 45.6 Å². The highest BCUT2D eigenvalue weighted by atomic mass is 16.2. The lowest BCUT2D eigenvalue weighted by atomic mass is 10.2. The molecule has 1 amide bonds. The minimum atomic E-state index is 0.0231. The first kappa shape index (κ1) is 15.7. The molecule has 0 aromatic carbocycles. The highest BCUT2D eigenvalue weighted by molar-refractivity contribution is 5.92. The lowest BCUT2D eigenvalue weighted by Crippen LogP contribution is -2.32. The van der Waals surface area contributed by atoms with Gasteiger partial charge in [0.15, 0.2) is 0 Å². The van der Waals surface area contributed by atoms with E-state index in [1.807, 2.05) is 19.0 Å². The fourth-order valence-electron chi connectivity index (χ4n) is 2.41. The van der Waals surface area contributed by atoms with E-state index in [1.54, 1.807) is 6.07 Å². The third kappa shape index (κ3) is 4.97. The maximum Gasteiger partial charge on any atom is 0.272 e. The summed E-state index contributed by atoms with van der Waals surface area (Å²) < 4.78 is 0. The van der Waals surface area contributed by atoms with Crippen LogP contribution in [0, 0.1) is 0 Å². The van der Waals surface area contributed by atoms with Crippen LogP contribution in [-0.2, 0) is 0 Å². The Morgan fingerprint density at radius 1 is 1.24 bits per heavy atom. The van der Waals surface area contributed by atoms with Gasteiger partial charge >= 0.3 is 0 Å². The van der Waals surface area contributed by atoms with Crippen LogP contribution in [0.2, 0.25) is 0 Å². The topological polar surface area (TPSA) is 61.4 Å². The number of hydrogen-bond donors (Lipinski definition) is 1. The number of nitrogens with zero attached hydrogens (tertiary/aromatic N) is 4. The molecule has 0 radical (unpaired) electrons. The van der Waals surface area contributed by atoms with E-state index in [0.717, 1.165) is 39.0 Å². The summed E-state index contributed by atoms with van der Waals surface area (Å²) in [6, 6.07) is 1.75. The van der Waals surface area contributed by atoms with Gasteiger partial charge in [0.1, 0.15) is 17.8 Å². The molecule has 1 aromatic rings. The van der Waals surface area contributed by atoms with Gasteiger partial charge in [0.2, 0.25) is 0 Å². The number of rotatable bonds is 5. The molecule has 1 saturated heterocycles. The van der Waals surface area contributed by atoms with Gasteiger partial charge in [-0.1, -0.05) is 12.8 Å². The molecule has 0 aliphatic carbocycles. The van der Waals surface area contributed by atoms with Crippen molar-refractivity contribution in [3.05, 3.63) is 18.1 Å². The molecule has 116 valence electrons. The van der Waals surface area contributed by atoms with Crippen LogP contribution in [0.3, 0.4) is 0 Å². The number of carbonyl (C=O) groups excluding carboxylic acids is 1. The van der Waals surface area contributed by atoms with Crippen LogP contribution < -0.4 is 5.32 Å². The summed E-state index contributed by atoms with van der Waals surface area (Å²) >= 11 is 0. The number of aromatic nitrogens is 2. The van der Waals surface area contributed by atoms with Gasteiger partial charge in [0.25, 0.3) is 5.91 Å². The lowest BCUT2D eigenvalue weighted by molar-refractivity contribution is 0.0755. The minimum Gasteiger partial charge on any atom is -0.369 e. The summed E-state index contributed by atoms with van der Waals surface area (Å²) in [5, 5.41) is 3.22. The quantitative estimate of drug-likeness (QED) is 0.890. The molecule has 1 fully saturated rings. The van der Waals surface area contributed by atoms with E-state index < -0.39 is 0 Å². The van der Waals surface area contributed by atoms with E-state index >= 15 is 0 Å². The molecular weight excluding hydrogens is 266 g/mol. The fraction of sp³-hybridized carbons (Fsp3) is 0.667. The number of likely N-dealkylation sites (tertiary alicyclic amines) is 1. The van der Waals surface area contributed by atoms with Crippen molar-refractivity contribution in [3.63, 3.8) is 0 Å². The number of hydrogen-bond acceptors (Lipinski definition) is 5. The smallest absolute Gasteiger partial charge is 0.272 e. The predicted molar refractivity (Wildman–Crippen MR) is 83.4 cm³/mol. The average molecular weight is 291 g/mol. The maximum absolute atomic E-state index is 12.5. The second-order valence-corrected chi connectivity index (χ2v) is 5.72. The van der Waals surface area contributed by atoms with Crippen molar-refractivity contribution >= 4 is 11.7 Å². The molecule has 6 nitrogen and oxygen atoms in total. The Bertz CT molecular complexity index is 455. The molecule has 21 heavy (non-hydrogen) atoms. The van der Waals surface area contributed by atoms with E-state index in [-0.39, 0.29) is 5.91 Å². The average Bonchev–Trinajstić information content (AvgIpc) is 2.75. The third-order valence-corrected chi connectivity index (χ3v) is 3.64. The Morgan fingerprint density at radius 2 is 1.95 bits per heavy atom. The van der Waals surface area contributed by atoms with Crippen LogP contribution in [-0.4, -0.2) is 65.9 Å². The molecule has 0 bridgehead atoms. The monoisotopic (exact) mass is 291 g/mol. The summed E-state index contributed by atoms with van der Waals surface area (Å²) in [6.45, 7) is 3.39. The van der Waals surface area contributed by atoms with Crippen LogP contribution in [0.4, 0.5) is 5.82 Å². The molecule has 6 heteroatoms. The molecule has 0 saturated carbocycles. The molecule has 1 aliphatic rings. The maximum atomic E-state index is 12.5. The summed E-state index contributed by atoms with van der Waals surface area (Å²) in [4.78, 5) is 24.8. The van der Waals surface area contributed by atoms with Gasteiger partial charge in [-0.25, -0.2) is 9.97 Å². The van der Waals surface area contributed by atoms with E-state index in [0.29, 0.717) is 11.5 Å². The summed E-state index contributed by atoms with van der Waals surface area (Å²) in [6.07, 6.45) is 6.06. The first-order chi connectivity index (χ1) is 10.2. The second-order valence-electron chi connectivity index (χ2n) is 5.72. The van der Waals surface area contributed by atoms with Crippen molar-refractivity contribution < 1.29 is 4.79 Å². The summed E-state index contributed by atoms with van der Waals surface area (Å²) in [7, 11) is 4.05. The molecule has 2 heterocycles. The minimum absolute atomic E-state index is 0.0231. The normalized spacial score (nSPS) is 15.9. The SMILES string of the molecule is CN(C)CCNc1cc(C(=O)N2CCCCCC2)ncn1. The van der Waals surface area contributed by atoms with Crippen molar-refractivity contribution in [1.82, 2.24) is 19.8 Å². The first-order valence-electron chi connectivity index (χ1n) is 7.67. The second kappa shape index (κ2) is 7.93. The Morgan fingerprint density at radius 3 is 2.62 bits per heavy atom. The molecule has 2 rings (SSSR count). The highest BCUT2D eigenvalue weighted by Crippen LogP contribution is 2.13. The summed E-state index contributed by atoms with van der Waals surface area (Å²) in [5.74, 6) is 0.736. The fourth-order valence-corrected chi connectivity index (χ4v) is 2.41. The largest absolute Gasteiger partial charge is 0.369 e. The Labute approximate surface area is 126 Å². The number of carbonyl (C=O) groups is 1. The molecule has 1 aliphatic heterocycles. The molecule has 1 N–H and O–H groups in total. The van der Waals surface area contributed by atoms with Gasteiger partial charge in [-0.2, -0.15) is 0 Å². The molecule has 0 unspecified atom stereocenters. The zero-order chi connectivity index (χ0) is 15.1. The molecule has 0 spiro atoms. The van der Waals surface area contributed by atoms with E-state index in [9.17, 15) is 4.79 Å². The number of nitrogens with one attached hydrogen (secondary N) is 1. The zero-order valence-electron chi connectivity index (χ0n) is 13.0. The van der Waals surface area contributed by atoms with Gasteiger partial charge in [-0.05, 0) is 26.9 Å². The van der Waals surface area contributed by atoms with Gasteiger partial charge in [-0.15, -0.1) is 0 Å². The van der Waals surface area contributed by atoms with Crippen molar-refractivity contribution in [1.29, 1.82) is 0 Å². The molecule has 1 aromatic heterocycles. The van der Waals surface area contributed by atoms with E-state index in [2.05, 4.69) is 20.2 Å². The zero-order valence-corrected chi connectivity index (χ0v) is 13.0. The van der Waals surface area contributed by atoms with Gasteiger partial charge in [0, 0.05) is 32.2 Å². The van der Waals surface area contributed by atoms with Gasteiger partial charge in [0.05, 0.1) is 0 Å². The van der Waals surface area contributed by atoms with Crippen molar-refractivity contribution in [3.8, 4) is 0 Å². The summed E-state index contributed by atoms with van der Waals surface area (Å²) in [5.41, 5.74) is 0.485. The first-order valence-corrected chi connectivity index (χ1v) is 7.67. The Kier molecular flexibility index (Phi) is 5.92. The van der Waals surface area contributed by atoms with Crippen LogP contribution in [0.5, 0.6) is 0 Å². The standard InChI is InChI=1S/C15H25N5O/c1-19(2)10-7-16-14-11-13(17-12-18-14)15(21)20-8-5-3-4-6-9-20/h11-12H,3-10H2,1-2H3,(H,16,17,18). The Balaban J connectivity index is 1.97. The number of amides is 1.